The van der Waals surface area contributed by atoms with Crippen molar-refractivity contribution in [3.63, 3.8) is 0 Å². The van der Waals surface area contributed by atoms with Crippen LogP contribution in [-0.4, -0.2) is 26.5 Å². The fourth-order valence-corrected chi connectivity index (χ4v) is 5.27. The molecular formula is C32H24ClN3O5S. The van der Waals surface area contributed by atoms with E-state index in [1.54, 1.807) is 18.2 Å². The lowest BCUT2D eigenvalue weighted by atomic mass is 10.0. The maximum atomic E-state index is 12.8. The number of rotatable bonds is 8. The van der Waals surface area contributed by atoms with Gasteiger partial charge in [0.1, 0.15) is 5.75 Å². The molecule has 0 saturated heterocycles. The average Bonchev–Trinajstić information content (AvgIpc) is 2.98. The number of sulfonamides is 1. The smallest absolute Gasteiger partial charge is 0.343 e. The Labute approximate surface area is 247 Å². The molecule has 0 heterocycles. The van der Waals surface area contributed by atoms with Crippen molar-refractivity contribution in [1.82, 2.24) is 5.43 Å². The van der Waals surface area contributed by atoms with Crippen LogP contribution in [-0.2, 0) is 10.0 Å². The number of fused-ring (bicyclic) bond motifs is 1. The molecule has 0 aliphatic rings. The molecule has 8 nitrogen and oxygen atoms in total. The predicted molar refractivity (Wildman–Crippen MR) is 164 cm³/mol. The molecule has 5 aromatic rings. The lowest BCUT2D eigenvalue weighted by Crippen LogP contribution is -2.18. The molecule has 0 saturated carbocycles. The monoisotopic (exact) mass is 597 g/mol. The Morgan fingerprint density at radius 2 is 1.48 bits per heavy atom. The molecule has 10 heteroatoms. The van der Waals surface area contributed by atoms with E-state index >= 15 is 0 Å². The molecular weight excluding hydrogens is 574 g/mol. The maximum Gasteiger partial charge on any atom is 0.343 e. The Hall–Kier alpha value is -4.99. The van der Waals surface area contributed by atoms with Gasteiger partial charge in [0.2, 0.25) is 0 Å². The molecule has 210 valence electrons. The second-order valence-electron chi connectivity index (χ2n) is 9.29. The molecule has 0 fully saturated rings. The number of hydrazone groups is 1. The van der Waals surface area contributed by atoms with E-state index in [9.17, 15) is 18.0 Å². The molecule has 0 aliphatic heterocycles. The zero-order chi connectivity index (χ0) is 29.7. The Balaban J connectivity index is 1.31. The molecule has 2 N–H and O–H groups in total. The van der Waals surface area contributed by atoms with Crippen LogP contribution >= 0.6 is 11.6 Å². The highest BCUT2D eigenvalue weighted by molar-refractivity contribution is 7.92. The summed E-state index contributed by atoms with van der Waals surface area (Å²) in [6.45, 7) is 1.93. The van der Waals surface area contributed by atoms with Crippen molar-refractivity contribution in [3.8, 4) is 5.75 Å². The molecule has 1 amide bonds. The molecule has 0 atom stereocenters. The zero-order valence-corrected chi connectivity index (χ0v) is 23.8. The van der Waals surface area contributed by atoms with E-state index in [1.165, 1.54) is 54.7 Å². The van der Waals surface area contributed by atoms with Gasteiger partial charge in [-0.15, -0.1) is 0 Å². The van der Waals surface area contributed by atoms with Crippen LogP contribution < -0.4 is 14.9 Å². The van der Waals surface area contributed by atoms with Gasteiger partial charge in [0.25, 0.3) is 15.9 Å². The molecule has 5 rings (SSSR count). The Morgan fingerprint density at radius 1 is 0.810 bits per heavy atom. The summed E-state index contributed by atoms with van der Waals surface area (Å²) in [6, 6.07) is 29.7. The largest absolute Gasteiger partial charge is 0.422 e. The number of hydrogen-bond donors (Lipinski definition) is 2. The maximum absolute atomic E-state index is 12.8. The van der Waals surface area contributed by atoms with E-state index in [1.807, 2.05) is 49.4 Å². The van der Waals surface area contributed by atoms with Gasteiger partial charge in [-0.05, 0) is 84.4 Å². The van der Waals surface area contributed by atoms with E-state index in [0.29, 0.717) is 16.1 Å². The standard InChI is InChI=1S/C32H24ClN3O5S/c1-21-6-8-24(9-7-21)32(38)41-30-19-12-22-4-2-3-5-28(22)29(30)20-34-35-31(37)23-10-15-26(16-11-23)36-42(39,40)27-17-13-25(33)14-18-27/h2-20,36H,1H3,(H,35,37)/b34-20+. The lowest BCUT2D eigenvalue weighted by molar-refractivity contribution is 0.0734. The highest BCUT2D eigenvalue weighted by Gasteiger charge is 2.16. The van der Waals surface area contributed by atoms with E-state index in [2.05, 4.69) is 15.2 Å². The predicted octanol–water partition coefficient (Wildman–Crippen LogP) is 6.59. The number of nitrogens with zero attached hydrogens (tertiary/aromatic N) is 1. The first-order chi connectivity index (χ1) is 20.2. The van der Waals surface area contributed by atoms with E-state index in [-0.39, 0.29) is 21.9 Å². The number of amides is 1. The third kappa shape index (κ3) is 6.65. The number of anilines is 1. The van der Waals surface area contributed by atoms with Crippen LogP contribution in [0.25, 0.3) is 10.8 Å². The topological polar surface area (TPSA) is 114 Å². The highest BCUT2D eigenvalue weighted by atomic mass is 35.5. The van der Waals surface area contributed by atoms with E-state index in [4.69, 9.17) is 16.3 Å². The lowest BCUT2D eigenvalue weighted by Gasteiger charge is -2.11. The van der Waals surface area contributed by atoms with Crippen LogP contribution in [0.4, 0.5) is 5.69 Å². The van der Waals surface area contributed by atoms with Gasteiger partial charge in [-0.2, -0.15) is 5.10 Å². The van der Waals surface area contributed by atoms with Crippen LogP contribution in [0.3, 0.4) is 0 Å². The van der Waals surface area contributed by atoms with Gasteiger partial charge >= 0.3 is 5.97 Å². The third-order valence-electron chi connectivity index (χ3n) is 6.30. The molecule has 0 aromatic heterocycles. The van der Waals surface area contributed by atoms with Crippen LogP contribution in [0, 0.1) is 6.92 Å². The van der Waals surface area contributed by atoms with Crippen LogP contribution in [0.2, 0.25) is 5.02 Å². The molecule has 5 aromatic carbocycles. The summed E-state index contributed by atoms with van der Waals surface area (Å²) >= 11 is 5.84. The molecule has 0 bridgehead atoms. The molecule has 0 spiro atoms. The zero-order valence-electron chi connectivity index (χ0n) is 22.2. The van der Waals surface area contributed by atoms with Gasteiger partial charge in [0.05, 0.1) is 16.7 Å². The van der Waals surface area contributed by atoms with Crippen molar-refractivity contribution in [2.45, 2.75) is 11.8 Å². The fraction of sp³-hybridized carbons (Fsp3) is 0.0312. The van der Waals surface area contributed by atoms with Gasteiger partial charge in [-0.25, -0.2) is 18.6 Å². The van der Waals surface area contributed by atoms with Gasteiger partial charge in [0, 0.05) is 21.8 Å². The minimum Gasteiger partial charge on any atom is -0.422 e. The molecule has 42 heavy (non-hydrogen) atoms. The number of benzene rings is 5. The van der Waals surface area contributed by atoms with E-state index in [0.717, 1.165) is 16.3 Å². The summed E-state index contributed by atoms with van der Waals surface area (Å²) in [4.78, 5) is 25.6. The van der Waals surface area contributed by atoms with Crippen LogP contribution in [0.1, 0.15) is 31.8 Å². The summed E-state index contributed by atoms with van der Waals surface area (Å²) in [5, 5.41) is 6.21. The first-order valence-electron chi connectivity index (χ1n) is 12.7. The van der Waals surface area contributed by atoms with E-state index < -0.39 is 21.9 Å². The van der Waals surface area contributed by atoms with Gasteiger partial charge in [0.15, 0.2) is 0 Å². The van der Waals surface area contributed by atoms with Gasteiger partial charge in [-0.3, -0.25) is 9.52 Å². The Bertz CT molecular complexity index is 1910. The Morgan fingerprint density at radius 3 is 2.19 bits per heavy atom. The number of hydrogen-bond acceptors (Lipinski definition) is 6. The van der Waals surface area contributed by atoms with Crippen molar-refractivity contribution >= 4 is 56.2 Å². The van der Waals surface area contributed by atoms with Crippen molar-refractivity contribution in [3.05, 3.63) is 136 Å². The SMILES string of the molecule is Cc1ccc(C(=O)Oc2ccc3ccccc3c2/C=N/NC(=O)c2ccc(NS(=O)(=O)c3ccc(Cl)cc3)cc2)cc1. The van der Waals surface area contributed by atoms with Crippen LogP contribution in [0.5, 0.6) is 5.75 Å². The summed E-state index contributed by atoms with van der Waals surface area (Å²) in [6.07, 6.45) is 1.42. The van der Waals surface area contributed by atoms with Crippen LogP contribution in [0.15, 0.2) is 119 Å². The number of carbonyl (C=O) groups excluding carboxylic acids is 2. The normalized spacial score (nSPS) is 11.4. The Kier molecular flexibility index (Phi) is 8.33. The first-order valence-corrected chi connectivity index (χ1v) is 14.6. The quantitative estimate of drug-likeness (QED) is 0.0907. The van der Waals surface area contributed by atoms with Gasteiger partial charge < -0.3 is 4.74 Å². The number of ether oxygens (including phenoxy) is 1. The van der Waals surface area contributed by atoms with Crippen molar-refractivity contribution < 1.29 is 22.7 Å². The summed E-state index contributed by atoms with van der Waals surface area (Å²) < 4.78 is 33.4. The minimum atomic E-state index is -3.83. The second kappa shape index (κ2) is 12.3. The number of nitrogens with one attached hydrogen (secondary N) is 2. The van der Waals surface area contributed by atoms with Gasteiger partial charge in [-0.1, -0.05) is 59.6 Å². The average molecular weight is 598 g/mol. The number of aryl methyl sites for hydroxylation is 1. The minimum absolute atomic E-state index is 0.0559. The third-order valence-corrected chi connectivity index (χ3v) is 7.95. The molecule has 0 aliphatic carbocycles. The molecule has 0 radical (unpaired) electrons. The molecule has 0 unspecified atom stereocenters. The number of carbonyl (C=O) groups is 2. The second-order valence-corrected chi connectivity index (χ2v) is 11.4. The van der Waals surface area contributed by atoms with Crippen molar-refractivity contribution in [2.75, 3.05) is 4.72 Å². The summed E-state index contributed by atoms with van der Waals surface area (Å²) in [7, 11) is -3.83. The first kappa shape index (κ1) is 28.5. The summed E-state index contributed by atoms with van der Waals surface area (Å²) in [5.74, 6) is -0.748. The summed E-state index contributed by atoms with van der Waals surface area (Å²) in [5.41, 5.74) is 4.95. The van der Waals surface area contributed by atoms with Crippen molar-refractivity contribution in [2.24, 2.45) is 5.10 Å². The number of esters is 1. The fourth-order valence-electron chi connectivity index (χ4n) is 4.08. The van der Waals surface area contributed by atoms with Crippen molar-refractivity contribution in [1.29, 1.82) is 0 Å². The number of halogens is 1. The highest BCUT2D eigenvalue weighted by Crippen LogP contribution is 2.27.